The quantitative estimate of drug-likeness (QED) is 0.789. The minimum absolute atomic E-state index is 0.0238. The van der Waals surface area contributed by atoms with Gasteiger partial charge in [0.05, 0.1) is 28.8 Å². The number of nitrogens with one attached hydrogen (secondary N) is 1. The van der Waals surface area contributed by atoms with Crippen LogP contribution in [0.3, 0.4) is 0 Å². The molecule has 1 saturated heterocycles. The summed E-state index contributed by atoms with van der Waals surface area (Å²) in [6, 6.07) is 8.01. The third kappa shape index (κ3) is 2.29. The molecule has 0 aliphatic carbocycles. The van der Waals surface area contributed by atoms with Crippen molar-refractivity contribution in [2.75, 3.05) is 6.54 Å². The number of amides is 1. The predicted molar refractivity (Wildman–Crippen MR) is 85.8 cm³/mol. The summed E-state index contributed by atoms with van der Waals surface area (Å²) in [5, 5.41) is 0. The second-order valence-electron chi connectivity index (χ2n) is 5.52. The SMILES string of the molecule is O=C(c1cncs1)N1CCCC[C@H]1c1nc2ccccc2[nH]1. The van der Waals surface area contributed by atoms with Crippen LogP contribution in [0.25, 0.3) is 11.0 Å². The fourth-order valence-corrected chi connectivity index (χ4v) is 3.63. The van der Waals surface area contributed by atoms with E-state index in [1.165, 1.54) is 11.3 Å². The molecule has 2 aromatic heterocycles. The number of rotatable bonds is 2. The van der Waals surface area contributed by atoms with Crippen LogP contribution in [0.2, 0.25) is 0 Å². The van der Waals surface area contributed by atoms with Gasteiger partial charge < -0.3 is 9.88 Å². The van der Waals surface area contributed by atoms with Gasteiger partial charge in [0.1, 0.15) is 10.7 Å². The van der Waals surface area contributed by atoms with Gasteiger partial charge in [-0.15, -0.1) is 11.3 Å². The molecule has 1 fully saturated rings. The Morgan fingerprint density at radius 1 is 1.32 bits per heavy atom. The van der Waals surface area contributed by atoms with Crippen LogP contribution in [-0.4, -0.2) is 32.3 Å². The number of benzene rings is 1. The van der Waals surface area contributed by atoms with Crippen molar-refractivity contribution in [2.24, 2.45) is 0 Å². The van der Waals surface area contributed by atoms with Gasteiger partial charge >= 0.3 is 0 Å². The molecule has 1 amide bonds. The van der Waals surface area contributed by atoms with E-state index in [-0.39, 0.29) is 11.9 Å². The van der Waals surface area contributed by atoms with Crippen LogP contribution in [0.4, 0.5) is 0 Å². The lowest BCUT2D eigenvalue weighted by Crippen LogP contribution is -2.38. The third-order valence-electron chi connectivity index (χ3n) is 4.13. The van der Waals surface area contributed by atoms with Gasteiger partial charge in [0, 0.05) is 6.54 Å². The molecule has 112 valence electrons. The number of piperidine rings is 1. The van der Waals surface area contributed by atoms with E-state index in [1.54, 1.807) is 11.7 Å². The van der Waals surface area contributed by atoms with Gasteiger partial charge in [0.2, 0.25) is 0 Å². The molecule has 6 heteroatoms. The summed E-state index contributed by atoms with van der Waals surface area (Å²) in [5.74, 6) is 0.950. The second kappa shape index (κ2) is 5.53. The van der Waals surface area contributed by atoms with E-state index in [0.29, 0.717) is 4.88 Å². The van der Waals surface area contributed by atoms with Crippen molar-refractivity contribution in [1.82, 2.24) is 19.9 Å². The standard InChI is InChI=1S/C16H16N4OS/c21-16(14-9-17-10-22-14)20-8-4-3-7-13(20)15-18-11-5-1-2-6-12(11)19-15/h1-2,5-6,9-10,13H,3-4,7-8H2,(H,18,19)/t13-/m0/s1. The fraction of sp³-hybridized carbons (Fsp3) is 0.312. The molecule has 1 aromatic carbocycles. The zero-order chi connectivity index (χ0) is 14.9. The number of nitrogens with zero attached hydrogens (tertiary/aromatic N) is 3. The maximum atomic E-state index is 12.7. The molecule has 0 saturated carbocycles. The van der Waals surface area contributed by atoms with E-state index in [4.69, 9.17) is 0 Å². The largest absolute Gasteiger partial charge is 0.340 e. The van der Waals surface area contributed by atoms with Crippen molar-refractivity contribution < 1.29 is 4.79 Å². The summed E-state index contributed by atoms with van der Waals surface area (Å²) in [5.41, 5.74) is 3.68. The van der Waals surface area contributed by atoms with Gasteiger partial charge in [-0.25, -0.2) is 4.98 Å². The molecule has 0 unspecified atom stereocenters. The van der Waals surface area contributed by atoms with Crippen LogP contribution in [0.1, 0.15) is 40.8 Å². The maximum absolute atomic E-state index is 12.7. The Morgan fingerprint density at radius 3 is 3.05 bits per heavy atom. The van der Waals surface area contributed by atoms with Crippen molar-refractivity contribution in [2.45, 2.75) is 25.3 Å². The topological polar surface area (TPSA) is 61.9 Å². The highest BCUT2D eigenvalue weighted by Crippen LogP contribution is 2.32. The number of thiazole rings is 1. The Balaban J connectivity index is 1.69. The highest BCUT2D eigenvalue weighted by Gasteiger charge is 2.31. The Kier molecular flexibility index (Phi) is 3.38. The molecule has 0 spiro atoms. The fourth-order valence-electron chi connectivity index (χ4n) is 3.05. The minimum Gasteiger partial charge on any atom is -0.340 e. The number of H-pyrrole nitrogens is 1. The van der Waals surface area contributed by atoms with Crippen molar-refractivity contribution in [3.63, 3.8) is 0 Å². The monoisotopic (exact) mass is 312 g/mol. The lowest BCUT2D eigenvalue weighted by molar-refractivity contribution is 0.0606. The summed E-state index contributed by atoms with van der Waals surface area (Å²) in [6.45, 7) is 0.776. The predicted octanol–water partition coefficient (Wildman–Crippen LogP) is 3.39. The van der Waals surface area contributed by atoms with Crippen LogP contribution >= 0.6 is 11.3 Å². The summed E-state index contributed by atoms with van der Waals surface area (Å²) in [4.78, 5) is 27.4. The number of carbonyl (C=O) groups is 1. The van der Waals surface area contributed by atoms with Crippen LogP contribution in [0.15, 0.2) is 36.0 Å². The first-order valence-electron chi connectivity index (χ1n) is 7.47. The van der Waals surface area contributed by atoms with Gasteiger partial charge in [-0.05, 0) is 31.4 Å². The van der Waals surface area contributed by atoms with E-state index < -0.39 is 0 Å². The van der Waals surface area contributed by atoms with E-state index in [0.717, 1.165) is 42.7 Å². The molecule has 1 aliphatic heterocycles. The summed E-state index contributed by atoms with van der Waals surface area (Å²) in [7, 11) is 0. The third-order valence-corrected chi connectivity index (χ3v) is 4.89. The first kappa shape index (κ1) is 13.5. The molecule has 0 bridgehead atoms. The molecule has 1 aliphatic rings. The highest BCUT2D eigenvalue weighted by atomic mass is 32.1. The summed E-state index contributed by atoms with van der Waals surface area (Å²) in [6.07, 6.45) is 4.76. The number of hydrogen-bond acceptors (Lipinski definition) is 4. The van der Waals surface area contributed by atoms with Crippen molar-refractivity contribution in [3.05, 3.63) is 46.7 Å². The number of para-hydroxylation sites is 2. The molecule has 1 atom stereocenters. The number of likely N-dealkylation sites (tertiary alicyclic amines) is 1. The van der Waals surface area contributed by atoms with Gasteiger partial charge in [-0.2, -0.15) is 0 Å². The molecule has 3 heterocycles. The summed E-state index contributed by atoms with van der Waals surface area (Å²) >= 11 is 1.39. The van der Waals surface area contributed by atoms with E-state index >= 15 is 0 Å². The Hall–Kier alpha value is -2.21. The van der Waals surface area contributed by atoms with Gasteiger partial charge in [-0.3, -0.25) is 9.78 Å². The molecule has 3 aromatic rings. The van der Waals surface area contributed by atoms with Gasteiger partial charge in [-0.1, -0.05) is 12.1 Å². The van der Waals surface area contributed by atoms with Gasteiger partial charge in [0.25, 0.3) is 5.91 Å². The van der Waals surface area contributed by atoms with Crippen LogP contribution in [0, 0.1) is 0 Å². The zero-order valence-corrected chi connectivity index (χ0v) is 12.8. The van der Waals surface area contributed by atoms with Gasteiger partial charge in [0.15, 0.2) is 0 Å². The molecule has 1 N–H and O–H groups in total. The molecular weight excluding hydrogens is 296 g/mol. The number of aromatic nitrogens is 3. The summed E-state index contributed by atoms with van der Waals surface area (Å²) < 4.78 is 0. The molecular formula is C16H16N4OS. The minimum atomic E-state index is 0.0238. The smallest absolute Gasteiger partial charge is 0.266 e. The van der Waals surface area contributed by atoms with Crippen molar-refractivity contribution in [3.8, 4) is 0 Å². The van der Waals surface area contributed by atoms with Crippen LogP contribution in [-0.2, 0) is 0 Å². The number of carbonyl (C=O) groups excluding carboxylic acids is 1. The number of imidazole rings is 1. The number of aromatic amines is 1. The maximum Gasteiger partial charge on any atom is 0.266 e. The van der Waals surface area contributed by atoms with Crippen molar-refractivity contribution >= 4 is 28.3 Å². The molecule has 0 radical (unpaired) electrons. The molecule has 22 heavy (non-hydrogen) atoms. The Bertz CT molecular complexity index is 762. The van der Waals surface area contributed by atoms with Crippen LogP contribution in [0.5, 0.6) is 0 Å². The van der Waals surface area contributed by atoms with E-state index in [1.807, 2.05) is 29.2 Å². The lowest BCUT2D eigenvalue weighted by Gasteiger charge is -2.34. The second-order valence-corrected chi connectivity index (χ2v) is 6.40. The molecule has 5 nitrogen and oxygen atoms in total. The average Bonchev–Trinajstić information content (AvgIpc) is 3.23. The van der Waals surface area contributed by atoms with Crippen LogP contribution < -0.4 is 0 Å². The normalized spacial score (nSPS) is 18.7. The van der Waals surface area contributed by atoms with Crippen molar-refractivity contribution in [1.29, 1.82) is 0 Å². The average molecular weight is 312 g/mol. The first-order valence-corrected chi connectivity index (χ1v) is 8.35. The van der Waals surface area contributed by atoms with E-state index in [9.17, 15) is 4.79 Å². The Morgan fingerprint density at radius 2 is 2.23 bits per heavy atom. The highest BCUT2D eigenvalue weighted by molar-refractivity contribution is 7.11. The first-order chi connectivity index (χ1) is 10.8. The number of hydrogen-bond donors (Lipinski definition) is 1. The Labute approximate surface area is 132 Å². The lowest BCUT2D eigenvalue weighted by atomic mass is 10.0. The number of fused-ring (bicyclic) bond motifs is 1. The molecule has 4 rings (SSSR count). The zero-order valence-electron chi connectivity index (χ0n) is 12.0. The van der Waals surface area contributed by atoms with E-state index in [2.05, 4.69) is 15.0 Å².